The monoisotopic (exact) mass is 504 g/mol. The fraction of sp³-hybridized carbons (Fsp3) is 0.533. The van der Waals surface area contributed by atoms with Crippen LogP contribution in [0.15, 0.2) is 54.6 Å². The molecule has 2 aromatic rings. The number of benzene rings is 2. The van der Waals surface area contributed by atoms with E-state index in [9.17, 15) is 9.59 Å². The van der Waals surface area contributed by atoms with E-state index in [1.54, 1.807) is 4.90 Å². The maximum atomic E-state index is 13.9. The van der Waals surface area contributed by atoms with Crippen LogP contribution in [-0.4, -0.2) is 65.6 Å². The van der Waals surface area contributed by atoms with Gasteiger partial charge in [-0.3, -0.25) is 9.59 Å². The molecule has 0 aromatic heterocycles. The molecular weight excluding hydrogens is 463 g/mol. The van der Waals surface area contributed by atoms with Gasteiger partial charge in [-0.25, -0.2) is 0 Å². The zero-order chi connectivity index (χ0) is 26.6. The molecule has 0 N–H and O–H groups in total. The van der Waals surface area contributed by atoms with Crippen molar-refractivity contribution in [3.8, 4) is 0 Å². The van der Waals surface area contributed by atoms with Gasteiger partial charge in [-0.05, 0) is 55.8 Å². The lowest BCUT2D eigenvalue weighted by Gasteiger charge is -2.42. The Morgan fingerprint density at radius 1 is 0.892 bits per heavy atom. The van der Waals surface area contributed by atoms with Gasteiger partial charge >= 0.3 is 7.12 Å². The summed E-state index contributed by atoms with van der Waals surface area (Å²) in [5, 5.41) is 0. The number of likely N-dealkylation sites (N-methyl/N-ethyl adjacent to an activating group) is 1. The summed E-state index contributed by atoms with van der Waals surface area (Å²) in [5.74, 6) is -0.115. The Balaban J connectivity index is 1.61. The third-order valence-corrected chi connectivity index (χ3v) is 8.68. The fourth-order valence-electron chi connectivity index (χ4n) is 6.32. The SMILES string of the molecule is CCN1CCN(C(=O)c2cccc(B3OC(CC)(CC)C(CC)(CC)O3)c2)C(Cc2ccccc2)C1=O. The third kappa shape index (κ3) is 4.96. The molecule has 2 saturated heterocycles. The quantitative estimate of drug-likeness (QED) is 0.474. The Kier molecular flexibility index (Phi) is 8.44. The number of carbonyl (C=O) groups excluding carboxylic acids is 2. The maximum Gasteiger partial charge on any atom is 0.494 e. The molecule has 2 aliphatic heterocycles. The van der Waals surface area contributed by atoms with Crippen molar-refractivity contribution in [2.24, 2.45) is 0 Å². The molecule has 198 valence electrons. The molecule has 7 heteroatoms. The molecule has 0 aliphatic carbocycles. The molecule has 4 rings (SSSR count). The minimum absolute atomic E-state index is 0.0101. The summed E-state index contributed by atoms with van der Waals surface area (Å²) in [6.07, 6.45) is 3.97. The van der Waals surface area contributed by atoms with Crippen LogP contribution in [0.3, 0.4) is 0 Å². The molecule has 0 spiro atoms. The fourth-order valence-corrected chi connectivity index (χ4v) is 6.32. The number of carbonyl (C=O) groups is 2. The summed E-state index contributed by atoms with van der Waals surface area (Å²) in [4.78, 5) is 30.8. The maximum absolute atomic E-state index is 13.9. The Morgan fingerprint density at radius 2 is 1.51 bits per heavy atom. The second kappa shape index (κ2) is 11.4. The smallest absolute Gasteiger partial charge is 0.399 e. The van der Waals surface area contributed by atoms with Crippen molar-refractivity contribution in [2.75, 3.05) is 19.6 Å². The summed E-state index contributed by atoms with van der Waals surface area (Å²) in [5.41, 5.74) is 1.74. The van der Waals surface area contributed by atoms with Gasteiger partial charge in [-0.1, -0.05) is 70.2 Å². The lowest BCUT2D eigenvalue weighted by molar-refractivity contribution is -0.139. The van der Waals surface area contributed by atoms with Crippen LogP contribution in [-0.2, 0) is 20.5 Å². The molecule has 0 bridgehead atoms. The Morgan fingerprint density at radius 3 is 2.08 bits per heavy atom. The summed E-state index contributed by atoms with van der Waals surface area (Å²) >= 11 is 0. The zero-order valence-corrected chi connectivity index (χ0v) is 23.0. The third-order valence-electron chi connectivity index (χ3n) is 8.68. The van der Waals surface area contributed by atoms with Crippen molar-refractivity contribution < 1.29 is 18.9 Å². The van der Waals surface area contributed by atoms with E-state index in [1.807, 2.05) is 66.4 Å². The van der Waals surface area contributed by atoms with Gasteiger partial charge in [-0.2, -0.15) is 0 Å². The average molecular weight is 504 g/mol. The molecular formula is C30H41BN2O4. The minimum atomic E-state index is -0.522. The van der Waals surface area contributed by atoms with E-state index in [0.717, 1.165) is 36.7 Å². The van der Waals surface area contributed by atoms with Crippen molar-refractivity contribution >= 4 is 24.4 Å². The summed E-state index contributed by atoms with van der Waals surface area (Å²) < 4.78 is 13.3. The molecule has 0 radical (unpaired) electrons. The number of hydrogen-bond donors (Lipinski definition) is 0. The molecule has 2 aromatic carbocycles. The van der Waals surface area contributed by atoms with E-state index in [-0.39, 0.29) is 23.0 Å². The second-order valence-corrected chi connectivity index (χ2v) is 10.2. The molecule has 2 aliphatic rings. The highest BCUT2D eigenvalue weighted by molar-refractivity contribution is 6.62. The van der Waals surface area contributed by atoms with Crippen LogP contribution >= 0.6 is 0 Å². The van der Waals surface area contributed by atoms with Crippen LogP contribution < -0.4 is 5.46 Å². The summed E-state index contributed by atoms with van der Waals surface area (Å²) in [7, 11) is -0.522. The number of rotatable bonds is 9. The van der Waals surface area contributed by atoms with E-state index >= 15 is 0 Å². The molecule has 2 fully saturated rings. The molecule has 37 heavy (non-hydrogen) atoms. The van der Waals surface area contributed by atoms with Crippen LogP contribution in [0.25, 0.3) is 0 Å². The predicted molar refractivity (Wildman–Crippen MR) is 148 cm³/mol. The second-order valence-electron chi connectivity index (χ2n) is 10.2. The number of nitrogens with zero attached hydrogens (tertiary/aromatic N) is 2. The first kappa shape index (κ1) is 27.4. The van der Waals surface area contributed by atoms with Crippen molar-refractivity contribution in [1.29, 1.82) is 0 Å². The predicted octanol–water partition coefficient (Wildman–Crippen LogP) is 4.46. The molecule has 1 unspecified atom stereocenters. The Bertz CT molecular complexity index is 1060. The van der Waals surface area contributed by atoms with Crippen LogP contribution in [0.1, 0.15) is 76.2 Å². The molecule has 2 heterocycles. The Hall–Kier alpha value is -2.64. The number of amides is 2. The number of hydrogen-bond acceptors (Lipinski definition) is 4. The van der Waals surface area contributed by atoms with E-state index in [2.05, 4.69) is 27.7 Å². The highest BCUT2D eigenvalue weighted by Crippen LogP contribution is 2.46. The van der Waals surface area contributed by atoms with Crippen LogP contribution in [0, 0.1) is 0 Å². The van der Waals surface area contributed by atoms with Gasteiger partial charge in [-0.15, -0.1) is 0 Å². The normalized spacial score (nSPS) is 20.9. The lowest BCUT2D eigenvalue weighted by atomic mass is 9.75. The summed E-state index contributed by atoms with van der Waals surface area (Å²) in [6, 6.07) is 17.0. The van der Waals surface area contributed by atoms with Gasteiger partial charge < -0.3 is 19.1 Å². The highest BCUT2D eigenvalue weighted by atomic mass is 16.7. The van der Waals surface area contributed by atoms with E-state index in [4.69, 9.17) is 9.31 Å². The van der Waals surface area contributed by atoms with Gasteiger partial charge in [0, 0.05) is 31.6 Å². The van der Waals surface area contributed by atoms with Crippen molar-refractivity contribution in [3.63, 3.8) is 0 Å². The molecule has 1 atom stereocenters. The largest absolute Gasteiger partial charge is 0.494 e. The van der Waals surface area contributed by atoms with Crippen LogP contribution in [0.2, 0.25) is 0 Å². The standard InChI is InChI=1S/C30H41BN2O4/c1-6-29(7-2)30(8-3,9-4)37-31(36-29)25-18-14-17-24(22-25)27(34)33-20-19-32(10-5)28(35)26(33)21-23-15-12-11-13-16-23/h11-18,22,26H,6-10,19-21H2,1-5H3. The minimum Gasteiger partial charge on any atom is -0.399 e. The molecule has 6 nitrogen and oxygen atoms in total. The molecule has 0 saturated carbocycles. The van der Waals surface area contributed by atoms with Gasteiger partial charge in [0.15, 0.2) is 0 Å². The number of piperazine rings is 1. The topological polar surface area (TPSA) is 59.1 Å². The van der Waals surface area contributed by atoms with Gasteiger partial charge in [0.2, 0.25) is 5.91 Å². The van der Waals surface area contributed by atoms with E-state index < -0.39 is 13.2 Å². The van der Waals surface area contributed by atoms with Gasteiger partial charge in [0.1, 0.15) is 6.04 Å². The molecule has 2 amide bonds. The zero-order valence-electron chi connectivity index (χ0n) is 23.0. The first-order valence-electron chi connectivity index (χ1n) is 14.0. The van der Waals surface area contributed by atoms with E-state index in [1.165, 1.54) is 0 Å². The van der Waals surface area contributed by atoms with Crippen molar-refractivity contribution in [1.82, 2.24) is 9.80 Å². The lowest BCUT2D eigenvalue weighted by Crippen LogP contribution is -2.59. The van der Waals surface area contributed by atoms with Crippen molar-refractivity contribution in [2.45, 2.75) is 84.0 Å². The van der Waals surface area contributed by atoms with Gasteiger partial charge in [0.25, 0.3) is 5.91 Å². The average Bonchev–Trinajstić information content (AvgIpc) is 3.30. The van der Waals surface area contributed by atoms with E-state index in [0.29, 0.717) is 31.6 Å². The Labute approximate surface area is 222 Å². The van der Waals surface area contributed by atoms with Crippen LogP contribution in [0.5, 0.6) is 0 Å². The van der Waals surface area contributed by atoms with Crippen molar-refractivity contribution in [3.05, 3.63) is 65.7 Å². The first-order valence-corrected chi connectivity index (χ1v) is 14.0. The highest BCUT2D eigenvalue weighted by Gasteiger charge is 2.58. The van der Waals surface area contributed by atoms with Crippen LogP contribution in [0.4, 0.5) is 0 Å². The first-order chi connectivity index (χ1) is 17.9. The summed E-state index contributed by atoms with van der Waals surface area (Å²) in [6.45, 7) is 12.3. The van der Waals surface area contributed by atoms with Gasteiger partial charge in [0.05, 0.1) is 11.2 Å².